The van der Waals surface area contributed by atoms with Gasteiger partial charge in [-0.25, -0.2) is 0 Å². The Hall–Kier alpha value is -0.120. The maximum Gasteiger partial charge on any atom is 0.0443 e. The smallest absolute Gasteiger partial charge is 0.0443 e. The number of rotatable bonds is 5. The van der Waals surface area contributed by atoms with Gasteiger partial charge in [-0.1, -0.05) is 13.8 Å². The SMILES string of the molecule is CC1CC(C)CC(CN)(NCCCO)C1. The lowest BCUT2D eigenvalue weighted by atomic mass is 9.71. The van der Waals surface area contributed by atoms with Crippen molar-refractivity contribution < 1.29 is 5.11 Å². The molecule has 0 heterocycles. The van der Waals surface area contributed by atoms with Crippen LogP contribution in [0.1, 0.15) is 39.5 Å². The highest BCUT2D eigenvalue weighted by Gasteiger charge is 2.35. The minimum absolute atomic E-state index is 0.131. The van der Waals surface area contributed by atoms with E-state index in [0.29, 0.717) is 6.54 Å². The molecular weight excluding hydrogens is 188 g/mol. The molecule has 0 aromatic carbocycles. The fraction of sp³-hybridized carbons (Fsp3) is 1.00. The van der Waals surface area contributed by atoms with E-state index in [1.807, 2.05) is 0 Å². The molecule has 3 heteroatoms. The molecule has 0 amide bonds. The first-order valence-electron chi connectivity index (χ1n) is 6.18. The van der Waals surface area contributed by atoms with Gasteiger partial charge < -0.3 is 16.2 Å². The topological polar surface area (TPSA) is 58.3 Å². The van der Waals surface area contributed by atoms with Gasteiger partial charge in [-0.3, -0.25) is 0 Å². The molecule has 3 nitrogen and oxygen atoms in total. The van der Waals surface area contributed by atoms with Gasteiger partial charge in [0, 0.05) is 18.7 Å². The number of aliphatic hydroxyl groups excluding tert-OH is 1. The van der Waals surface area contributed by atoms with E-state index >= 15 is 0 Å². The van der Waals surface area contributed by atoms with Gasteiger partial charge in [0.2, 0.25) is 0 Å². The minimum Gasteiger partial charge on any atom is -0.396 e. The van der Waals surface area contributed by atoms with E-state index in [9.17, 15) is 0 Å². The summed E-state index contributed by atoms with van der Waals surface area (Å²) in [6.45, 7) is 6.49. The average Bonchev–Trinajstić information content (AvgIpc) is 2.17. The van der Waals surface area contributed by atoms with Gasteiger partial charge in [-0.05, 0) is 44.1 Å². The predicted octanol–water partition coefficient (Wildman–Crippen LogP) is 1.11. The molecule has 15 heavy (non-hydrogen) atoms. The molecule has 0 radical (unpaired) electrons. The van der Waals surface area contributed by atoms with Crippen LogP contribution in [0.15, 0.2) is 0 Å². The number of hydrogen-bond donors (Lipinski definition) is 3. The number of nitrogens with one attached hydrogen (secondary N) is 1. The average molecular weight is 214 g/mol. The second kappa shape index (κ2) is 5.83. The Labute approximate surface area is 93.4 Å². The van der Waals surface area contributed by atoms with Crippen LogP contribution in [0.25, 0.3) is 0 Å². The molecule has 90 valence electrons. The second-order valence-electron chi connectivity index (χ2n) is 5.34. The number of aliphatic hydroxyl groups is 1. The van der Waals surface area contributed by atoms with Crippen molar-refractivity contribution in [3.63, 3.8) is 0 Å². The molecule has 1 rings (SSSR count). The largest absolute Gasteiger partial charge is 0.396 e. The van der Waals surface area contributed by atoms with Crippen LogP contribution < -0.4 is 11.1 Å². The van der Waals surface area contributed by atoms with Gasteiger partial charge in [0.1, 0.15) is 0 Å². The first-order chi connectivity index (χ1) is 7.12. The fourth-order valence-electron chi connectivity index (χ4n) is 3.09. The molecule has 2 unspecified atom stereocenters. The molecule has 1 fully saturated rings. The maximum atomic E-state index is 8.79. The van der Waals surface area contributed by atoms with Crippen molar-refractivity contribution in [2.24, 2.45) is 17.6 Å². The van der Waals surface area contributed by atoms with E-state index in [1.54, 1.807) is 0 Å². The molecule has 0 saturated heterocycles. The quantitative estimate of drug-likeness (QED) is 0.601. The summed E-state index contributed by atoms with van der Waals surface area (Å²) in [6, 6.07) is 0. The van der Waals surface area contributed by atoms with Crippen LogP contribution in [-0.4, -0.2) is 30.3 Å². The summed E-state index contributed by atoms with van der Waals surface area (Å²) >= 11 is 0. The van der Waals surface area contributed by atoms with E-state index in [1.165, 1.54) is 19.3 Å². The highest BCUT2D eigenvalue weighted by Crippen LogP contribution is 2.35. The third-order valence-corrected chi connectivity index (χ3v) is 3.51. The van der Waals surface area contributed by atoms with Crippen molar-refractivity contribution in [1.29, 1.82) is 0 Å². The zero-order chi connectivity index (χ0) is 11.3. The summed E-state index contributed by atoms with van der Waals surface area (Å²) in [4.78, 5) is 0. The first kappa shape index (κ1) is 12.9. The van der Waals surface area contributed by atoms with Crippen molar-refractivity contribution in [2.45, 2.75) is 45.1 Å². The highest BCUT2D eigenvalue weighted by atomic mass is 16.3. The Morgan fingerprint density at radius 2 is 1.93 bits per heavy atom. The Bertz CT molecular complexity index is 174. The third kappa shape index (κ3) is 3.74. The third-order valence-electron chi connectivity index (χ3n) is 3.51. The maximum absolute atomic E-state index is 8.79. The minimum atomic E-state index is 0.131. The lowest BCUT2D eigenvalue weighted by Gasteiger charge is -2.43. The Kier molecular flexibility index (Phi) is 5.03. The normalized spacial score (nSPS) is 36.8. The summed E-state index contributed by atoms with van der Waals surface area (Å²) in [5, 5.41) is 12.3. The molecule has 0 aliphatic heterocycles. The molecule has 0 aromatic heterocycles. The lowest BCUT2D eigenvalue weighted by molar-refractivity contribution is 0.146. The van der Waals surface area contributed by atoms with Gasteiger partial charge in [0.25, 0.3) is 0 Å². The molecule has 1 aliphatic rings. The Morgan fingerprint density at radius 3 is 2.40 bits per heavy atom. The van der Waals surface area contributed by atoms with Crippen LogP contribution in [0.2, 0.25) is 0 Å². The monoisotopic (exact) mass is 214 g/mol. The summed E-state index contributed by atoms with van der Waals surface area (Å²) in [6.07, 6.45) is 4.51. The van der Waals surface area contributed by atoms with Crippen molar-refractivity contribution in [1.82, 2.24) is 5.32 Å². The molecule has 2 atom stereocenters. The van der Waals surface area contributed by atoms with E-state index in [0.717, 1.165) is 24.8 Å². The lowest BCUT2D eigenvalue weighted by Crippen LogP contribution is -2.55. The van der Waals surface area contributed by atoms with Gasteiger partial charge in [0.15, 0.2) is 0 Å². The standard InChI is InChI=1S/C12H26N2O/c1-10-6-11(2)8-12(7-10,9-13)14-4-3-5-15/h10-11,14-15H,3-9,13H2,1-2H3. The zero-order valence-electron chi connectivity index (χ0n) is 10.1. The van der Waals surface area contributed by atoms with E-state index in [2.05, 4.69) is 19.2 Å². The van der Waals surface area contributed by atoms with Crippen LogP contribution in [0, 0.1) is 11.8 Å². The predicted molar refractivity (Wildman–Crippen MR) is 63.7 cm³/mol. The molecule has 0 bridgehead atoms. The van der Waals surface area contributed by atoms with Gasteiger partial charge in [-0.2, -0.15) is 0 Å². The van der Waals surface area contributed by atoms with Crippen LogP contribution in [0.3, 0.4) is 0 Å². The van der Waals surface area contributed by atoms with E-state index < -0.39 is 0 Å². The van der Waals surface area contributed by atoms with Crippen LogP contribution in [0.5, 0.6) is 0 Å². The van der Waals surface area contributed by atoms with E-state index in [-0.39, 0.29) is 12.1 Å². The van der Waals surface area contributed by atoms with Crippen LogP contribution in [-0.2, 0) is 0 Å². The number of nitrogens with two attached hydrogens (primary N) is 1. The Balaban J connectivity index is 2.49. The summed E-state index contributed by atoms with van der Waals surface area (Å²) in [5.41, 5.74) is 6.05. The highest BCUT2D eigenvalue weighted by molar-refractivity contribution is 4.95. The molecule has 0 aromatic rings. The van der Waals surface area contributed by atoms with Crippen molar-refractivity contribution in [3.8, 4) is 0 Å². The zero-order valence-corrected chi connectivity index (χ0v) is 10.1. The molecule has 1 saturated carbocycles. The molecule has 4 N–H and O–H groups in total. The Morgan fingerprint density at radius 1 is 1.33 bits per heavy atom. The van der Waals surface area contributed by atoms with Gasteiger partial charge in [0.05, 0.1) is 0 Å². The second-order valence-corrected chi connectivity index (χ2v) is 5.34. The first-order valence-corrected chi connectivity index (χ1v) is 6.18. The van der Waals surface area contributed by atoms with Crippen LogP contribution in [0.4, 0.5) is 0 Å². The van der Waals surface area contributed by atoms with E-state index in [4.69, 9.17) is 10.8 Å². The summed E-state index contributed by atoms with van der Waals surface area (Å²) in [5.74, 6) is 1.53. The van der Waals surface area contributed by atoms with Gasteiger partial charge >= 0.3 is 0 Å². The summed E-state index contributed by atoms with van der Waals surface area (Å²) < 4.78 is 0. The van der Waals surface area contributed by atoms with Crippen LogP contribution >= 0.6 is 0 Å². The molecule has 0 spiro atoms. The van der Waals surface area contributed by atoms with Crippen molar-refractivity contribution >= 4 is 0 Å². The molecule has 1 aliphatic carbocycles. The fourth-order valence-corrected chi connectivity index (χ4v) is 3.09. The van der Waals surface area contributed by atoms with Gasteiger partial charge in [-0.15, -0.1) is 0 Å². The molecular formula is C12H26N2O. The summed E-state index contributed by atoms with van der Waals surface area (Å²) in [7, 11) is 0. The number of hydrogen-bond acceptors (Lipinski definition) is 3. The van der Waals surface area contributed by atoms with Crippen molar-refractivity contribution in [2.75, 3.05) is 19.7 Å². The van der Waals surface area contributed by atoms with Crippen molar-refractivity contribution in [3.05, 3.63) is 0 Å².